The summed E-state index contributed by atoms with van der Waals surface area (Å²) in [5, 5.41) is 2.56. The minimum atomic E-state index is -2.74. The Kier molecular flexibility index (Phi) is 8.10. The van der Waals surface area contributed by atoms with Gasteiger partial charge in [-0.25, -0.2) is 9.79 Å². The van der Waals surface area contributed by atoms with Crippen molar-refractivity contribution in [2.75, 3.05) is 7.05 Å². The lowest BCUT2D eigenvalue weighted by atomic mass is 9.82. The van der Waals surface area contributed by atoms with Crippen molar-refractivity contribution in [3.05, 3.63) is 33.8 Å². The average molecular weight is 530 g/mol. The fourth-order valence-electron chi connectivity index (χ4n) is 4.20. The fourth-order valence-corrected chi connectivity index (χ4v) is 4.58. The number of hydrogen-bond acceptors (Lipinski definition) is 5. The van der Waals surface area contributed by atoms with E-state index < -0.39 is 30.5 Å². The van der Waals surface area contributed by atoms with E-state index >= 15 is 0 Å². The molecule has 0 bridgehead atoms. The van der Waals surface area contributed by atoms with E-state index in [-0.39, 0.29) is 11.9 Å². The number of likely N-dealkylation sites (N-methyl/N-ethyl adjacent to an activating group) is 1. The van der Waals surface area contributed by atoms with Crippen LogP contribution in [0.4, 0.5) is 13.6 Å². The first-order valence-corrected chi connectivity index (χ1v) is 11.8. The number of nitrogens with zero attached hydrogens (tertiary/aromatic N) is 2. The molecule has 33 heavy (non-hydrogen) atoms. The smallest absolute Gasteiger partial charge is 0.414 e. The summed E-state index contributed by atoms with van der Waals surface area (Å²) in [6.45, 7) is 2.52. The van der Waals surface area contributed by atoms with Crippen LogP contribution in [-0.2, 0) is 20.7 Å². The number of carbonyl (C=O) groups is 2. The molecule has 0 spiro atoms. The summed E-state index contributed by atoms with van der Waals surface area (Å²) in [6.07, 6.45) is 2.37. The molecule has 1 N–H and O–H groups in total. The van der Waals surface area contributed by atoms with E-state index in [1.54, 1.807) is 27.8 Å². The van der Waals surface area contributed by atoms with Crippen molar-refractivity contribution in [1.82, 2.24) is 10.2 Å². The van der Waals surface area contributed by atoms with E-state index in [0.29, 0.717) is 25.2 Å². The number of halogens is 3. The summed E-state index contributed by atoms with van der Waals surface area (Å²) >= 11 is 3.47. The highest BCUT2D eigenvalue weighted by Gasteiger charge is 2.36. The fraction of sp³-hybridized carbons (Fsp3) is 0.609. The van der Waals surface area contributed by atoms with Crippen molar-refractivity contribution in [2.24, 2.45) is 10.9 Å². The maximum Gasteiger partial charge on any atom is 0.414 e. The molecule has 1 fully saturated rings. The molecule has 0 radical (unpaired) electrons. The highest BCUT2D eigenvalue weighted by atomic mass is 79.9. The molecular formula is C23H30BrF2N3O4. The van der Waals surface area contributed by atoms with E-state index in [2.05, 4.69) is 31.0 Å². The minimum Gasteiger partial charge on any atom is -0.444 e. The Morgan fingerprint density at radius 3 is 2.55 bits per heavy atom. The minimum absolute atomic E-state index is 0.134. The van der Waals surface area contributed by atoms with Crippen molar-refractivity contribution in [3.8, 4) is 0 Å². The third-order valence-corrected chi connectivity index (χ3v) is 6.24. The van der Waals surface area contributed by atoms with Gasteiger partial charge in [-0.1, -0.05) is 22.0 Å². The number of alkyl carbamates (subject to hydrolysis) is 1. The molecule has 1 atom stereocenters. The number of rotatable bonds is 5. The van der Waals surface area contributed by atoms with Crippen LogP contribution in [-0.4, -0.2) is 48.2 Å². The molecular weight excluding hydrogens is 500 g/mol. The normalized spacial score (nSPS) is 23.6. The van der Waals surface area contributed by atoms with Gasteiger partial charge in [-0.3, -0.25) is 15.0 Å². The van der Waals surface area contributed by atoms with Crippen LogP contribution in [0.25, 0.3) is 0 Å². The van der Waals surface area contributed by atoms with Crippen molar-refractivity contribution in [3.63, 3.8) is 0 Å². The second-order valence-corrected chi connectivity index (χ2v) is 10.4. The van der Waals surface area contributed by atoms with Crippen molar-refractivity contribution in [2.45, 2.75) is 77.2 Å². The molecule has 2 amide bonds. The standard InChI is InChI=1S/C23H30BrF2N3O4/c1-23(2,3)33-22(31)28-21-27-18(19(30)29(21)4)17-12-15(24)8-7-14(17)11-13-5-9-16(10-6-13)32-20(25)26/h7-8,12-13,16,18,20H,5-6,9-11H2,1-4H3,(H,27,28,31). The number of guanidine groups is 1. The van der Waals surface area contributed by atoms with Crippen molar-refractivity contribution < 1.29 is 27.8 Å². The lowest BCUT2D eigenvalue weighted by Gasteiger charge is -2.29. The first-order valence-electron chi connectivity index (χ1n) is 11.0. The molecule has 1 aromatic carbocycles. The number of benzene rings is 1. The zero-order valence-electron chi connectivity index (χ0n) is 19.2. The molecule has 1 aromatic rings. The van der Waals surface area contributed by atoms with Crippen molar-refractivity contribution >= 4 is 33.9 Å². The molecule has 0 saturated heterocycles. The Labute approximate surface area is 201 Å². The zero-order valence-corrected chi connectivity index (χ0v) is 20.8. The van der Waals surface area contributed by atoms with E-state index in [1.165, 1.54) is 4.90 Å². The first kappa shape index (κ1) is 25.6. The van der Waals surface area contributed by atoms with Gasteiger partial charge in [0.05, 0.1) is 6.10 Å². The van der Waals surface area contributed by atoms with Crippen molar-refractivity contribution in [1.29, 1.82) is 0 Å². The lowest BCUT2D eigenvalue weighted by molar-refractivity contribution is -0.171. The molecule has 0 aromatic heterocycles. The number of nitrogens with one attached hydrogen (secondary N) is 1. The number of ether oxygens (including phenoxy) is 2. The number of amides is 2. The van der Waals surface area contributed by atoms with Gasteiger partial charge < -0.3 is 9.47 Å². The maximum atomic E-state index is 13.0. The summed E-state index contributed by atoms with van der Waals surface area (Å²) in [7, 11) is 1.56. The van der Waals surface area contributed by atoms with E-state index in [9.17, 15) is 18.4 Å². The van der Waals surface area contributed by atoms with E-state index in [1.807, 2.05) is 18.2 Å². The van der Waals surface area contributed by atoms with Crippen LogP contribution in [0.5, 0.6) is 0 Å². The van der Waals surface area contributed by atoms with Crippen LogP contribution in [0.3, 0.4) is 0 Å². The monoisotopic (exact) mass is 529 g/mol. The van der Waals surface area contributed by atoms with Gasteiger partial charge in [-0.15, -0.1) is 0 Å². The van der Waals surface area contributed by atoms with Gasteiger partial charge in [0.25, 0.3) is 5.91 Å². The number of aliphatic imine (C=N–C) groups is 1. The molecule has 1 aliphatic carbocycles. The second kappa shape index (κ2) is 10.5. The van der Waals surface area contributed by atoms with Gasteiger partial charge in [0.2, 0.25) is 5.96 Å². The Balaban J connectivity index is 1.75. The highest BCUT2D eigenvalue weighted by Crippen LogP contribution is 2.35. The topological polar surface area (TPSA) is 80.2 Å². The lowest BCUT2D eigenvalue weighted by Crippen LogP contribution is -2.43. The quantitative estimate of drug-likeness (QED) is 0.569. The molecule has 1 aliphatic heterocycles. The molecule has 10 heteroatoms. The Hall–Kier alpha value is -2.07. The van der Waals surface area contributed by atoms with Crippen LogP contribution in [0, 0.1) is 5.92 Å². The van der Waals surface area contributed by atoms with Crippen LogP contribution >= 0.6 is 15.9 Å². The highest BCUT2D eigenvalue weighted by molar-refractivity contribution is 9.10. The molecule has 3 rings (SSSR count). The zero-order chi connectivity index (χ0) is 24.3. The molecule has 1 unspecified atom stereocenters. The molecule has 2 aliphatic rings. The number of alkyl halides is 2. The summed E-state index contributed by atoms with van der Waals surface area (Å²) in [5.74, 6) is 0.185. The predicted molar refractivity (Wildman–Crippen MR) is 123 cm³/mol. The van der Waals surface area contributed by atoms with Crippen LogP contribution in [0.1, 0.15) is 63.6 Å². The van der Waals surface area contributed by atoms with E-state index in [4.69, 9.17) is 4.74 Å². The van der Waals surface area contributed by atoms with Crippen LogP contribution in [0.15, 0.2) is 27.7 Å². The van der Waals surface area contributed by atoms with Gasteiger partial charge >= 0.3 is 12.7 Å². The summed E-state index contributed by atoms with van der Waals surface area (Å²) in [4.78, 5) is 31.0. The van der Waals surface area contributed by atoms with Crippen LogP contribution in [0.2, 0.25) is 0 Å². The molecule has 182 valence electrons. The summed E-state index contributed by atoms with van der Waals surface area (Å²) in [5.41, 5.74) is 1.06. The summed E-state index contributed by atoms with van der Waals surface area (Å²) in [6, 6.07) is 4.96. The number of carbonyl (C=O) groups excluding carboxylic acids is 2. The predicted octanol–water partition coefficient (Wildman–Crippen LogP) is 5.18. The van der Waals surface area contributed by atoms with Gasteiger partial charge in [0, 0.05) is 11.5 Å². The Morgan fingerprint density at radius 2 is 1.94 bits per heavy atom. The largest absolute Gasteiger partial charge is 0.444 e. The third kappa shape index (κ3) is 6.96. The molecule has 1 saturated carbocycles. The Bertz CT molecular complexity index is 911. The van der Waals surface area contributed by atoms with Crippen LogP contribution < -0.4 is 5.32 Å². The third-order valence-electron chi connectivity index (χ3n) is 5.75. The number of hydrogen-bond donors (Lipinski definition) is 1. The SMILES string of the molecule is CN1C(=O)C(c2cc(Br)ccc2CC2CCC(OC(F)F)CC2)N=C1NC(=O)OC(C)(C)C. The molecule has 1 heterocycles. The van der Waals surface area contributed by atoms with Gasteiger partial charge in [-0.2, -0.15) is 8.78 Å². The summed E-state index contributed by atoms with van der Waals surface area (Å²) < 4.78 is 35.7. The first-order chi connectivity index (χ1) is 15.4. The van der Waals surface area contributed by atoms with Gasteiger partial charge in [0.1, 0.15) is 5.60 Å². The van der Waals surface area contributed by atoms with Gasteiger partial charge in [-0.05, 0) is 82.1 Å². The maximum absolute atomic E-state index is 13.0. The van der Waals surface area contributed by atoms with Gasteiger partial charge in [0.15, 0.2) is 6.04 Å². The Morgan fingerprint density at radius 1 is 1.27 bits per heavy atom. The molecule has 7 nitrogen and oxygen atoms in total. The average Bonchev–Trinajstić information content (AvgIpc) is 2.97. The van der Waals surface area contributed by atoms with E-state index in [0.717, 1.165) is 28.4 Å². The second-order valence-electron chi connectivity index (χ2n) is 9.47.